The Hall–Kier alpha value is -0.930. The van der Waals surface area contributed by atoms with Gasteiger partial charge in [0.25, 0.3) is 0 Å². The molecule has 0 saturated carbocycles. The first-order valence-corrected chi connectivity index (χ1v) is 4.66. The van der Waals surface area contributed by atoms with E-state index in [-0.39, 0.29) is 11.7 Å². The van der Waals surface area contributed by atoms with E-state index in [1.54, 1.807) is 13.2 Å². The molecule has 78 valence electrons. The maximum atomic E-state index is 13.5. The van der Waals surface area contributed by atoms with Crippen molar-refractivity contribution in [2.24, 2.45) is 5.73 Å². The number of hydrogen-bond donors (Lipinski definition) is 1. The molecular formula is C11H16FNO. The molecule has 0 fully saturated rings. The van der Waals surface area contributed by atoms with Crippen molar-refractivity contribution in [2.45, 2.75) is 19.4 Å². The first-order chi connectivity index (χ1) is 6.69. The van der Waals surface area contributed by atoms with E-state index in [0.29, 0.717) is 18.7 Å². The fourth-order valence-corrected chi connectivity index (χ4v) is 1.35. The van der Waals surface area contributed by atoms with Crippen molar-refractivity contribution in [1.82, 2.24) is 0 Å². The first-order valence-electron chi connectivity index (χ1n) is 4.66. The number of ether oxygens (including phenoxy) is 1. The van der Waals surface area contributed by atoms with Crippen LogP contribution in [0.2, 0.25) is 0 Å². The third-order valence-electron chi connectivity index (χ3n) is 2.26. The lowest BCUT2D eigenvalue weighted by Crippen LogP contribution is -2.10. The van der Waals surface area contributed by atoms with Gasteiger partial charge >= 0.3 is 0 Å². The van der Waals surface area contributed by atoms with Gasteiger partial charge in [0.2, 0.25) is 0 Å². The van der Waals surface area contributed by atoms with E-state index in [1.807, 2.05) is 13.0 Å². The summed E-state index contributed by atoms with van der Waals surface area (Å²) in [7, 11) is 1.59. The summed E-state index contributed by atoms with van der Waals surface area (Å²) in [6, 6.07) is 5.15. The SMILES string of the molecule is COCc1ccc(C(C)CN)c(F)c1. The maximum absolute atomic E-state index is 13.5. The highest BCUT2D eigenvalue weighted by atomic mass is 19.1. The molecule has 0 bridgehead atoms. The Balaban J connectivity index is 2.89. The molecule has 1 aromatic carbocycles. The molecular weight excluding hydrogens is 181 g/mol. The number of hydrogen-bond acceptors (Lipinski definition) is 2. The molecule has 0 radical (unpaired) electrons. The zero-order chi connectivity index (χ0) is 10.6. The van der Waals surface area contributed by atoms with Crippen molar-refractivity contribution in [3.8, 4) is 0 Å². The van der Waals surface area contributed by atoms with Gasteiger partial charge in [0.1, 0.15) is 5.82 Å². The van der Waals surface area contributed by atoms with Crippen LogP contribution in [0.25, 0.3) is 0 Å². The summed E-state index contributed by atoms with van der Waals surface area (Å²) in [5, 5.41) is 0. The predicted octanol–water partition coefficient (Wildman–Crippen LogP) is 2.03. The molecule has 0 amide bonds. The van der Waals surface area contributed by atoms with E-state index in [1.165, 1.54) is 6.07 Å². The quantitative estimate of drug-likeness (QED) is 0.801. The molecule has 1 rings (SSSR count). The average molecular weight is 197 g/mol. The van der Waals surface area contributed by atoms with Crippen molar-refractivity contribution < 1.29 is 9.13 Å². The van der Waals surface area contributed by atoms with Gasteiger partial charge in [-0.25, -0.2) is 4.39 Å². The molecule has 2 N–H and O–H groups in total. The smallest absolute Gasteiger partial charge is 0.127 e. The van der Waals surface area contributed by atoms with Crippen LogP contribution in [0.3, 0.4) is 0 Å². The Morgan fingerprint density at radius 1 is 1.50 bits per heavy atom. The van der Waals surface area contributed by atoms with E-state index in [2.05, 4.69) is 0 Å². The second-order valence-corrected chi connectivity index (χ2v) is 3.43. The summed E-state index contributed by atoms with van der Waals surface area (Å²) in [6.07, 6.45) is 0. The molecule has 3 heteroatoms. The minimum Gasteiger partial charge on any atom is -0.380 e. The molecule has 0 aliphatic rings. The zero-order valence-electron chi connectivity index (χ0n) is 8.59. The first kappa shape index (κ1) is 11.1. The van der Waals surface area contributed by atoms with Crippen molar-refractivity contribution in [1.29, 1.82) is 0 Å². The Labute approximate surface area is 83.9 Å². The van der Waals surface area contributed by atoms with Crippen LogP contribution in [-0.4, -0.2) is 13.7 Å². The summed E-state index contributed by atoms with van der Waals surface area (Å²) in [5.74, 6) is -0.135. The highest BCUT2D eigenvalue weighted by Gasteiger charge is 2.09. The number of nitrogens with two attached hydrogens (primary N) is 1. The van der Waals surface area contributed by atoms with Gasteiger partial charge in [0, 0.05) is 7.11 Å². The molecule has 0 heterocycles. The van der Waals surface area contributed by atoms with Crippen LogP contribution in [0, 0.1) is 5.82 Å². The van der Waals surface area contributed by atoms with E-state index >= 15 is 0 Å². The molecule has 0 spiro atoms. The molecule has 0 aliphatic carbocycles. The molecule has 1 aromatic rings. The van der Waals surface area contributed by atoms with Crippen LogP contribution in [0.5, 0.6) is 0 Å². The minimum absolute atomic E-state index is 0.0617. The van der Waals surface area contributed by atoms with Crippen LogP contribution in [0.4, 0.5) is 4.39 Å². The molecule has 1 unspecified atom stereocenters. The highest BCUT2D eigenvalue weighted by Crippen LogP contribution is 2.19. The monoisotopic (exact) mass is 197 g/mol. The van der Waals surface area contributed by atoms with E-state index < -0.39 is 0 Å². The van der Waals surface area contributed by atoms with Gasteiger partial charge in [0.15, 0.2) is 0 Å². The van der Waals surface area contributed by atoms with Crippen LogP contribution in [0.15, 0.2) is 18.2 Å². The number of benzene rings is 1. The van der Waals surface area contributed by atoms with Gasteiger partial charge in [-0.2, -0.15) is 0 Å². The normalized spacial score (nSPS) is 12.9. The molecule has 2 nitrogen and oxygen atoms in total. The molecule has 0 saturated heterocycles. The zero-order valence-corrected chi connectivity index (χ0v) is 8.59. The van der Waals surface area contributed by atoms with Gasteiger partial charge in [-0.15, -0.1) is 0 Å². The van der Waals surface area contributed by atoms with Crippen molar-refractivity contribution in [3.05, 3.63) is 35.1 Å². The second-order valence-electron chi connectivity index (χ2n) is 3.43. The van der Waals surface area contributed by atoms with Crippen LogP contribution < -0.4 is 5.73 Å². The van der Waals surface area contributed by atoms with Crippen LogP contribution in [-0.2, 0) is 11.3 Å². The van der Waals surface area contributed by atoms with Gasteiger partial charge in [-0.3, -0.25) is 0 Å². The third kappa shape index (κ3) is 2.53. The number of methoxy groups -OCH3 is 1. The number of rotatable bonds is 4. The second kappa shape index (κ2) is 5.08. The Bertz CT molecular complexity index is 301. The minimum atomic E-state index is -0.197. The van der Waals surface area contributed by atoms with Crippen molar-refractivity contribution in [2.75, 3.05) is 13.7 Å². The number of halogens is 1. The average Bonchev–Trinajstić information content (AvgIpc) is 2.17. The standard InChI is InChI=1S/C11H16FNO/c1-8(6-13)10-4-3-9(7-14-2)5-11(10)12/h3-5,8H,6-7,13H2,1-2H3. The van der Waals surface area contributed by atoms with E-state index in [4.69, 9.17) is 10.5 Å². The summed E-state index contributed by atoms with van der Waals surface area (Å²) in [6.45, 7) is 2.81. The summed E-state index contributed by atoms with van der Waals surface area (Å²) >= 11 is 0. The molecule has 0 aliphatic heterocycles. The molecule has 0 aromatic heterocycles. The maximum Gasteiger partial charge on any atom is 0.127 e. The lowest BCUT2D eigenvalue weighted by Gasteiger charge is -2.11. The van der Waals surface area contributed by atoms with E-state index in [9.17, 15) is 4.39 Å². The van der Waals surface area contributed by atoms with E-state index in [0.717, 1.165) is 5.56 Å². The predicted molar refractivity (Wildman–Crippen MR) is 54.6 cm³/mol. The molecule has 1 atom stereocenters. The Morgan fingerprint density at radius 2 is 2.21 bits per heavy atom. The van der Waals surface area contributed by atoms with Gasteiger partial charge in [-0.1, -0.05) is 19.1 Å². The van der Waals surface area contributed by atoms with Gasteiger partial charge < -0.3 is 10.5 Å². The Morgan fingerprint density at radius 3 is 2.71 bits per heavy atom. The summed E-state index contributed by atoms with van der Waals surface area (Å²) in [5.41, 5.74) is 7.00. The van der Waals surface area contributed by atoms with Crippen molar-refractivity contribution >= 4 is 0 Å². The van der Waals surface area contributed by atoms with Gasteiger partial charge in [0.05, 0.1) is 6.61 Å². The fraction of sp³-hybridized carbons (Fsp3) is 0.455. The summed E-state index contributed by atoms with van der Waals surface area (Å²) in [4.78, 5) is 0. The Kier molecular flexibility index (Phi) is 4.04. The van der Waals surface area contributed by atoms with Crippen LogP contribution >= 0.6 is 0 Å². The lowest BCUT2D eigenvalue weighted by atomic mass is 9.99. The largest absolute Gasteiger partial charge is 0.380 e. The fourth-order valence-electron chi connectivity index (χ4n) is 1.35. The lowest BCUT2D eigenvalue weighted by molar-refractivity contribution is 0.184. The molecule has 14 heavy (non-hydrogen) atoms. The van der Waals surface area contributed by atoms with Crippen LogP contribution in [0.1, 0.15) is 24.0 Å². The summed E-state index contributed by atoms with van der Waals surface area (Å²) < 4.78 is 18.4. The third-order valence-corrected chi connectivity index (χ3v) is 2.26. The van der Waals surface area contributed by atoms with Gasteiger partial charge in [-0.05, 0) is 29.7 Å². The van der Waals surface area contributed by atoms with Crippen molar-refractivity contribution in [3.63, 3.8) is 0 Å². The highest BCUT2D eigenvalue weighted by molar-refractivity contribution is 5.26. The topological polar surface area (TPSA) is 35.2 Å².